The molecule has 0 bridgehead atoms. The van der Waals surface area contributed by atoms with E-state index in [1.54, 1.807) is 31.2 Å². The molecule has 5 atom stereocenters. The standard InChI is InChI=1S/C55H64F5N11O7S/c1-31-25-70(26-32(2)67(31)7)44-21-42(57)40(20-43(44)65-50(75)39-13-12-37(56)18-41(39)55(58,59)60)36-23-62-53(63-24-36)69-16-14-68(15-17-69)47(74)29-78-28-46(73)66-49(54(4,5)6)52(77)71-27-38(72)19-45(71)51(76)61-22-34-8-10-35(11-9-34)48-33(3)64-30-79-48/h8-13,18,20-21,23-24,30-32,38,45,49,72H,14-17,19,22,25-29H2,1-7H3,(H,61,76)(H,65,75)(H,66,73)/t31-,32+,38-,45+,49-/m1/s1. The van der Waals surface area contributed by atoms with Crippen LogP contribution in [0.5, 0.6) is 0 Å². The SMILES string of the molecule is Cc1ncsc1-c1ccc(CNC(=O)[C@@H]2C[C@@H](O)CN2C(=O)[C@@H](NC(=O)COCC(=O)N2CCN(c3ncc(-c4cc(NC(=O)c5ccc(F)cc5C(F)(F)F)c(N5C[C@@H](C)N(C)[C@@H](C)C5)cc4F)cn3)CC2)C(C)(C)C)cc1. The molecule has 5 aromatic rings. The molecule has 0 unspecified atom stereocenters. The van der Waals surface area contributed by atoms with Crippen molar-refractivity contribution < 1.29 is 55.8 Å². The van der Waals surface area contributed by atoms with Gasteiger partial charge in [-0.05, 0) is 74.7 Å². The number of piperazine rings is 2. The second-order valence-electron chi connectivity index (χ2n) is 21.3. The van der Waals surface area contributed by atoms with Crippen LogP contribution in [0.15, 0.2) is 72.5 Å². The topological polar surface area (TPSA) is 206 Å². The molecule has 422 valence electrons. The monoisotopic (exact) mass is 1120 g/mol. The summed E-state index contributed by atoms with van der Waals surface area (Å²) in [5, 5.41) is 18.8. The third kappa shape index (κ3) is 13.7. The zero-order valence-electron chi connectivity index (χ0n) is 44.9. The number of alkyl halides is 3. The van der Waals surface area contributed by atoms with Gasteiger partial charge in [-0.2, -0.15) is 13.2 Å². The number of nitrogens with zero attached hydrogens (tertiary/aromatic N) is 8. The fourth-order valence-electron chi connectivity index (χ4n) is 9.97. The zero-order chi connectivity index (χ0) is 57.1. The molecule has 5 heterocycles. The number of thiazole rings is 1. The van der Waals surface area contributed by atoms with Gasteiger partial charge in [-0.15, -0.1) is 11.3 Å². The Morgan fingerprint density at radius 3 is 2.14 bits per heavy atom. The molecule has 0 radical (unpaired) electrons. The summed E-state index contributed by atoms with van der Waals surface area (Å²) in [5.41, 5.74) is 1.89. The number of carbonyl (C=O) groups is 5. The number of rotatable bonds is 15. The van der Waals surface area contributed by atoms with Crippen molar-refractivity contribution in [1.29, 1.82) is 0 Å². The predicted molar refractivity (Wildman–Crippen MR) is 287 cm³/mol. The van der Waals surface area contributed by atoms with E-state index >= 15 is 4.39 Å². The number of hydrogen-bond donors (Lipinski definition) is 4. The van der Waals surface area contributed by atoms with Gasteiger partial charge in [0.1, 0.15) is 36.9 Å². The highest BCUT2D eigenvalue weighted by molar-refractivity contribution is 7.13. The zero-order valence-corrected chi connectivity index (χ0v) is 45.7. The Bertz CT molecular complexity index is 3030. The van der Waals surface area contributed by atoms with Gasteiger partial charge >= 0.3 is 6.18 Å². The number of aliphatic hydroxyl groups is 1. The number of halogens is 5. The van der Waals surface area contributed by atoms with E-state index in [2.05, 4.69) is 35.8 Å². The fraction of sp³-hybridized carbons (Fsp3) is 0.455. The second-order valence-corrected chi connectivity index (χ2v) is 22.2. The number of carbonyl (C=O) groups excluding carboxylic acids is 5. The van der Waals surface area contributed by atoms with E-state index in [9.17, 15) is 46.6 Å². The van der Waals surface area contributed by atoms with E-state index in [0.29, 0.717) is 26.2 Å². The van der Waals surface area contributed by atoms with Gasteiger partial charge in [-0.3, -0.25) is 28.9 Å². The number of likely N-dealkylation sites (tertiary alicyclic amines) is 1. The average Bonchev–Trinajstić information content (AvgIpc) is 4.05. The van der Waals surface area contributed by atoms with Gasteiger partial charge in [0.2, 0.25) is 29.6 Å². The van der Waals surface area contributed by atoms with Crippen molar-refractivity contribution in [3.63, 3.8) is 0 Å². The first-order valence-corrected chi connectivity index (χ1v) is 26.7. The lowest BCUT2D eigenvalue weighted by Gasteiger charge is -2.44. The van der Waals surface area contributed by atoms with Gasteiger partial charge in [0.15, 0.2) is 0 Å². The fourth-order valence-corrected chi connectivity index (χ4v) is 10.8. The van der Waals surface area contributed by atoms with Crippen molar-refractivity contribution in [3.05, 3.63) is 107 Å². The van der Waals surface area contributed by atoms with Crippen LogP contribution >= 0.6 is 11.3 Å². The number of β-amino-alcohol motifs (C(OH)–C–C–N with tert-alkyl or cyclic N) is 1. The quantitative estimate of drug-likeness (QED) is 0.0873. The summed E-state index contributed by atoms with van der Waals surface area (Å²) < 4.78 is 77.7. The van der Waals surface area contributed by atoms with Crippen molar-refractivity contribution in [1.82, 2.24) is 40.3 Å². The summed E-state index contributed by atoms with van der Waals surface area (Å²) in [6.07, 6.45) is -3.22. The van der Waals surface area contributed by atoms with Gasteiger partial charge in [0.25, 0.3) is 5.91 Å². The van der Waals surface area contributed by atoms with Crippen molar-refractivity contribution >= 4 is 58.2 Å². The van der Waals surface area contributed by atoms with E-state index in [1.165, 1.54) is 40.8 Å². The normalized spacial score (nSPS) is 19.6. The second kappa shape index (κ2) is 24.1. The number of aliphatic hydroxyl groups excluding tert-OH is 1. The van der Waals surface area contributed by atoms with Crippen LogP contribution in [-0.4, -0.2) is 161 Å². The molecule has 3 aliphatic heterocycles. The first-order chi connectivity index (χ1) is 37.4. The lowest BCUT2D eigenvalue weighted by Crippen LogP contribution is -2.58. The molecule has 0 aliphatic carbocycles. The van der Waals surface area contributed by atoms with Crippen LogP contribution in [0.1, 0.15) is 68.2 Å². The van der Waals surface area contributed by atoms with Crippen LogP contribution in [0.4, 0.5) is 39.3 Å². The third-order valence-corrected chi connectivity index (χ3v) is 15.6. The molecule has 2 aromatic heterocycles. The van der Waals surface area contributed by atoms with E-state index in [4.69, 9.17) is 4.74 Å². The summed E-state index contributed by atoms with van der Waals surface area (Å²) in [7, 11) is 1.95. The number of likely N-dealkylation sites (N-methyl/N-ethyl adjacent to an activating group) is 1. The number of aromatic nitrogens is 3. The maximum Gasteiger partial charge on any atom is 0.417 e. The first kappa shape index (κ1) is 58.0. The number of aryl methyl sites for hydroxylation is 1. The van der Waals surface area contributed by atoms with Crippen LogP contribution in [0.25, 0.3) is 21.6 Å². The van der Waals surface area contributed by atoms with E-state index in [-0.39, 0.29) is 79.2 Å². The van der Waals surface area contributed by atoms with E-state index in [0.717, 1.165) is 33.8 Å². The van der Waals surface area contributed by atoms with Crippen LogP contribution in [-0.2, 0) is 36.6 Å². The molecular weight excluding hydrogens is 1050 g/mol. The van der Waals surface area contributed by atoms with Crippen LogP contribution in [0.3, 0.4) is 0 Å². The predicted octanol–water partition coefficient (Wildman–Crippen LogP) is 6.13. The Kier molecular flexibility index (Phi) is 17.7. The van der Waals surface area contributed by atoms with Gasteiger partial charge < -0.3 is 45.4 Å². The molecule has 3 aliphatic rings. The smallest absolute Gasteiger partial charge is 0.391 e. The number of nitrogens with one attached hydrogen (secondary N) is 3. The van der Waals surface area contributed by atoms with E-state index in [1.807, 2.05) is 61.9 Å². The minimum absolute atomic E-state index is 0.00150. The number of benzene rings is 3. The molecular formula is C55H64F5N11O7S. The van der Waals surface area contributed by atoms with Crippen LogP contribution in [0, 0.1) is 24.0 Å². The molecule has 18 nitrogen and oxygen atoms in total. The Morgan fingerprint density at radius 2 is 1.52 bits per heavy atom. The van der Waals surface area contributed by atoms with Crippen molar-refractivity contribution in [2.45, 2.75) is 91.0 Å². The van der Waals surface area contributed by atoms with Gasteiger partial charge in [0.05, 0.1) is 44.7 Å². The molecule has 0 saturated carbocycles. The molecule has 3 fully saturated rings. The Labute approximate surface area is 458 Å². The third-order valence-electron chi connectivity index (χ3n) is 14.6. The van der Waals surface area contributed by atoms with Crippen molar-refractivity contribution in [2.75, 3.05) is 81.2 Å². The first-order valence-electron chi connectivity index (χ1n) is 25.8. The number of hydrogen-bond acceptors (Lipinski definition) is 14. The highest BCUT2D eigenvalue weighted by Gasteiger charge is 2.45. The Hall–Kier alpha value is -7.15. The number of ether oxygens (including phenoxy) is 1. The Morgan fingerprint density at radius 1 is 0.848 bits per heavy atom. The molecule has 79 heavy (non-hydrogen) atoms. The lowest BCUT2D eigenvalue weighted by molar-refractivity contribution is -0.145. The maximum atomic E-state index is 16.2. The molecule has 5 amide bonds. The minimum Gasteiger partial charge on any atom is -0.391 e. The highest BCUT2D eigenvalue weighted by Crippen LogP contribution is 2.38. The molecule has 3 saturated heterocycles. The molecule has 24 heteroatoms. The average molecular weight is 1120 g/mol. The number of anilines is 3. The Balaban J connectivity index is 0.842. The molecule has 3 aromatic carbocycles. The molecule has 0 spiro atoms. The van der Waals surface area contributed by atoms with E-state index < -0.39 is 95.3 Å². The largest absolute Gasteiger partial charge is 0.417 e. The van der Waals surface area contributed by atoms with Crippen LogP contribution in [0.2, 0.25) is 0 Å². The maximum absolute atomic E-state index is 16.2. The summed E-state index contributed by atoms with van der Waals surface area (Å²) in [5.74, 6) is -4.81. The lowest BCUT2D eigenvalue weighted by atomic mass is 9.85. The number of amides is 5. The molecule has 4 N–H and O–H groups in total. The summed E-state index contributed by atoms with van der Waals surface area (Å²) in [6.45, 7) is 12.2. The summed E-state index contributed by atoms with van der Waals surface area (Å²) in [4.78, 5) is 90.6. The van der Waals surface area contributed by atoms with Crippen molar-refractivity contribution in [3.8, 4) is 21.6 Å². The van der Waals surface area contributed by atoms with Gasteiger partial charge in [0, 0.05) is 94.4 Å². The summed E-state index contributed by atoms with van der Waals surface area (Å²) in [6, 6.07) is 9.92. The molecule has 8 rings (SSSR count). The van der Waals surface area contributed by atoms with Crippen molar-refractivity contribution in [2.24, 2.45) is 5.41 Å². The highest BCUT2D eigenvalue weighted by atomic mass is 32.1. The summed E-state index contributed by atoms with van der Waals surface area (Å²) >= 11 is 1.54. The minimum atomic E-state index is -5.04. The van der Waals surface area contributed by atoms with Gasteiger partial charge in [-0.1, -0.05) is 45.0 Å². The van der Waals surface area contributed by atoms with Gasteiger partial charge in [-0.25, -0.2) is 23.7 Å². The van der Waals surface area contributed by atoms with Crippen LogP contribution < -0.4 is 25.8 Å².